The normalized spacial score (nSPS) is 10.6. The van der Waals surface area contributed by atoms with Crippen LogP contribution in [0.4, 0.5) is 36.3 Å². The van der Waals surface area contributed by atoms with Crippen LogP contribution in [0.2, 0.25) is 0 Å². The van der Waals surface area contributed by atoms with E-state index in [0.717, 1.165) is 18.2 Å². The molecule has 2 N–H and O–H groups in total. The summed E-state index contributed by atoms with van der Waals surface area (Å²) in [5.74, 6) is -3.45. The van der Waals surface area contributed by atoms with E-state index < -0.39 is 34.1 Å². The first-order valence-electron chi connectivity index (χ1n) is 8.66. The smallest absolute Gasteiger partial charge is 0.308 e. The van der Waals surface area contributed by atoms with Crippen molar-refractivity contribution in [3.63, 3.8) is 0 Å². The van der Waals surface area contributed by atoms with Gasteiger partial charge in [0.25, 0.3) is 11.6 Å². The zero-order chi connectivity index (χ0) is 22.4. The van der Waals surface area contributed by atoms with Crippen molar-refractivity contribution in [2.45, 2.75) is 0 Å². The largest absolute Gasteiger partial charge is 0.326 e. The zero-order valence-corrected chi connectivity index (χ0v) is 15.6. The number of anilines is 1. The second-order valence-electron chi connectivity index (χ2n) is 6.03. The molecule has 0 aliphatic rings. The van der Waals surface area contributed by atoms with Gasteiger partial charge < -0.3 is 5.32 Å². The highest BCUT2D eigenvalue weighted by Crippen LogP contribution is 2.24. The Balaban J connectivity index is 1.67. The number of nitrogens with zero attached hydrogens (tertiary/aromatic N) is 3. The number of urea groups is 1. The van der Waals surface area contributed by atoms with Gasteiger partial charge in [-0.1, -0.05) is 18.2 Å². The van der Waals surface area contributed by atoms with E-state index in [9.17, 15) is 28.5 Å². The van der Waals surface area contributed by atoms with E-state index in [0.29, 0.717) is 5.69 Å². The molecule has 0 spiro atoms. The van der Waals surface area contributed by atoms with Crippen molar-refractivity contribution in [1.29, 1.82) is 0 Å². The average molecular weight is 425 g/mol. The molecule has 3 rings (SSSR count). The molecule has 0 saturated carbocycles. The Morgan fingerprint density at radius 1 is 0.871 bits per heavy atom. The van der Waals surface area contributed by atoms with Crippen molar-refractivity contribution in [3.8, 4) is 0 Å². The number of azo groups is 1. The molecule has 11 heteroatoms. The summed E-state index contributed by atoms with van der Waals surface area (Å²) in [4.78, 5) is 34.2. The Labute approximate surface area is 173 Å². The number of benzene rings is 3. The molecule has 156 valence electrons. The Kier molecular flexibility index (Phi) is 6.36. The standard InChI is InChI=1S/C20H13F2N5O4/c21-16-8-3-9-17(22)18(16)19(28)24-20(29)23-12-4-1-5-13(10-12)25-26-14-6-2-7-15(11-14)27(30)31/h1-11H,(H2,23,24,28,29). The molecule has 3 aromatic rings. The summed E-state index contributed by atoms with van der Waals surface area (Å²) >= 11 is 0. The molecule has 0 aliphatic carbocycles. The Morgan fingerprint density at radius 2 is 1.45 bits per heavy atom. The highest BCUT2D eigenvalue weighted by Gasteiger charge is 2.19. The Morgan fingerprint density at radius 3 is 2.10 bits per heavy atom. The third kappa shape index (κ3) is 5.50. The second-order valence-corrected chi connectivity index (χ2v) is 6.03. The maximum absolute atomic E-state index is 13.6. The second kappa shape index (κ2) is 9.31. The summed E-state index contributed by atoms with van der Waals surface area (Å²) in [5.41, 5.74) is -0.245. The van der Waals surface area contributed by atoms with Crippen molar-refractivity contribution in [2.24, 2.45) is 10.2 Å². The lowest BCUT2D eigenvalue weighted by Crippen LogP contribution is -2.35. The van der Waals surface area contributed by atoms with E-state index >= 15 is 0 Å². The molecule has 3 aromatic carbocycles. The fraction of sp³-hybridized carbons (Fsp3) is 0. The molecule has 0 fully saturated rings. The molecule has 0 unspecified atom stereocenters. The monoisotopic (exact) mass is 425 g/mol. The van der Waals surface area contributed by atoms with E-state index in [2.05, 4.69) is 15.5 Å². The Bertz CT molecular complexity index is 1180. The number of nitro benzene ring substituents is 1. The maximum Gasteiger partial charge on any atom is 0.326 e. The number of halogens is 2. The van der Waals surface area contributed by atoms with Crippen LogP contribution in [0.1, 0.15) is 10.4 Å². The van der Waals surface area contributed by atoms with Crippen LogP contribution < -0.4 is 10.6 Å². The lowest BCUT2D eigenvalue weighted by molar-refractivity contribution is -0.384. The molecule has 0 aromatic heterocycles. The lowest BCUT2D eigenvalue weighted by Gasteiger charge is -2.08. The lowest BCUT2D eigenvalue weighted by atomic mass is 10.2. The first-order chi connectivity index (χ1) is 14.8. The first-order valence-corrected chi connectivity index (χ1v) is 8.66. The molecule has 0 bridgehead atoms. The molecule has 31 heavy (non-hydrogen) atoms. The van der Waals surface area contributed by atoms with E-state index in [1.807, 2.05) is 5.32 Å². The number of imide groups is 1. The van der Waals surface area contributed by atoms with Crippen LogP contribution in [-0.2, 0) is 0 Å². The van der Waals surface area contributed by atoms with Crippen molar-refractivity contribution in [2.75, 3.05) is 5.32 Å². The van der Waals surface area contributed by atoms with Crippen LogP contribution in [0.25, 0.3) is 0 Å². The molecular formula is C20H13F2N5O4. The summed E-state index contributed by atoms with van der Waals surface area (Å²) in [5, 5.41) is 22.8. The molecule has 0 radical (unpaired) electrons. The van der Waals surface area contributed by atoms with Gasteiger partial charge in [0.15, 0.2) is 0 Å². The first kappa shape index (κ1) is 21.2. The fourth-order valence-corrected chi connectivity index (χ4v) is 2.47. The highest BCUT2D eigenvalue weighted by molar-refractivity contribution is 6.08. The number of nitrogens with one attached hydrogen (secondary N) is 2. The maximum atomic E-state index is 13.6. The molecule has 0 saturated heterocycles. The number of amides is 3. The summed E-state index contributed by atoms with van der Waals surface area (Å²) in [7, 11) is 0. The number of carbonyl (C=O) groups is 2. The predicted molar refractivity (Wildman–Crippen MR) is 107 cm³/mol. The van der Waals surface area contributed by atoms with Crippen molar-refractivity contribution < 1.29 is 23.3 Å². The number of non-ortho nitro benzene ring substituents is 1. The molecule has 0 heterocycles. The summed E-state index contributed by atoms with van der Waals surface area (Å²) in [6, 6.07) is 13.4. The van der Waals surface area contributed by atoms with Gasteiger partial charge in [0, 0.05) is 17.8 Å². The number of nitro groups is 1. The van der Waals surface area contributed by atoms with Crippen LogP contribution in [0.5, 0.6) is 0 Å². The van der Waals surface area contributed by atoms with Crippen molar-refractivity contribution >= 4 is 34.7 Å². The molecule has 3 amide bonds. The summed E-state index contributed by atoms with van der Waals surface area (Å²) < 4.78 is 27.3. The van der Waals surface area contributed by atoms with Crippen LogP contribution in [0.15, 0.2) is 77.0 Å². The van der Waals surface area contributed by atoms with Gasteiger partial charge in [0.2, 0.25) is 0 Å². The topological polar surface area (TPSA) is 126 Å². The predicted octanol–water partition coefficient (Wildman–Crippen LogP) is 5.25. The average Bonchev–Trinajstić information content (AvgIpc) is 2.72. The van der Waals surface area contributed by atoms with Crippen molar-refractivity contribution in [3.05, 3.63) is 94.0 Å². The van der Waals surface area contributed by atoms with Crippen LogP contribution >= 0.6 is 0 Å². The number of rotatable bonds is 5. The molecule has 9 nitrogen and oxygen atoms in total. The van der Waals surface area contributed by atoms with Gasteiger partial charge >= 0.3 is 6.03 Å². The fourth-order valence-electron chi connectivity index (χ4n) is 2.47. The minimum Gasteiger partial charge on any atom is -0.308 e. The van der Waals surface area contributed by atoms with Crippen LogP contribution in [-0.4, -0.2) is 16.9 Å². The van der Waals surface area contributed by atoms with Gasteiger partial charge in [-0.25, -0.2) is 13.6 Å². The minimum absolute atomic E-state index is 0.139. The van der Waals surface area contributed by atoms with Gasteiger partial charge in [-0.05, 0) is 36.4 Å². The van der Waals surface area contributed by atoms with Gasteiger partial charge in [0.1, 0.15) is 17.2 Å². The van der Waals surface area contributed by atoms with Crippen LogP contribution in [0, 0.1) is 21.7 Å². The molecule has 0 aliphatic heterocycles. The zero-order valence-electron chi connectivity index (χ0n) is 15.6. The number of hydrogen-bond donors (Lipinski definition) is 2. The molecular weight excluding hydrogens is 412 g/mol. The van der Waals surface area contributed by atoms with Crippen molar-refractivity contribution in [1.82, 2.24) is 5.32 Å². The summed E-state index contributed by atoms with van der Waals surface area (Å²) in [6.07, 6.45) is 0. The van der Waals surface area contributed by atoms with E-state index in [-0.39, 0.29) is 17.1 Å². The van der Waals surface area contributed by atoms with Gasteiger partial charge in [-0.15, -0.1) is 0 Å². The van der Waals surface area contributed by atoms with Gasteiger partial charge in [0.05, 0.1) is 16.3 Å². The quantitative estimate of drug-likeness (QED) is 0.329. The van der Waals surface area contributed by atoms with Crippen LogP contribution in [0.3, 0.4) is 0 Å². The van der Waals surface area contributed by atoms with Gasteiger partial charge in [-0.3, -0.25) is 20.2 Å². The third-order valence-corrected chi connectivity index (χ3v) is 3.84. The number of hydrogen-bond acceptors (Lipinski definition) is 6. The van der Waals surface area contributed by atoms with E-state index in [1.165, 1.54) is 42.5 Å². The summed E-state index contributed by atoms with van der Waals surface area (Å²) in [6.45, 7) is 0. The van der Waals surface area contributed by atoms with E-state index in [4.69, 9.17) is 0 Å². The highest BCUT2D eigenvalue weighted by atomic mass is 19.1. The van der Waals surface area contributed by atoms with Gasteiger partial charge in [-0.2, -0.15) is 10.2 Å². The minimum atomic E-state index is -1.24. The molecule has 0 atom stereocenters. The Hall–Kier alpha value is -4.54. The SMILES string of the molecule is O=C(NC(=O)c1c(F)cccc1F)Nc1cccc(N=Nc2cccc([N+](=O)[O-])c2)c1. The third-order valence-electron chi connectivity index (χ3n) is 3.84. The number of carbonyl (C=O) groups excluding carboxylic acids is 2. The van der Waals surface area contributed by atoms with E-state index in [1.54, 1.807) is 6.07 Å².